The second kappa shape index (κ2) is 10.6. The molecule has 2 aliphatic rings. The van der Waals surface area contributed by atoms with Gasteiger partial charge >= 0.3 is 5.97 Å². The van der Waals surface area contributed by atoms with E-state index in [1.54, 1.807) is 12.1 Å². The second-order valence-corrected chi connectivity index (χ2v) is 16.0. The fourth-order valence-corrected chi connectivity index (χ4v) is 7.77. The first-order valence-corrected chi connectivity index (χ1v) is 15.5. The van der Waals surface area contributed by atoms with E-state index in [2.05, 4.69) is 40.8 Å². The largest absolute Gasteiger partial charge is 0.465 e. The van der Waals surface area contributed by atoms with Crippen LogP contribution in [0.25, 0.3) is 0 Å². The maximum Gasteiger partial charge on any atom is 0.302 e. The van der Waals surface area contributed by atoms with Crippen molar-refractivity contribution in [1.82, 2.24) is 0 Å². The summed E-state index contributed by atoms with van der Waals surface area (Å²) in [7, 11) is -1.84. The molecule has 0 aliphatic carbocycles. The summed E-state index contributed by atoms with van der Waals surface area (Å²) in [5.41, 5.74) is 2.25. The van der Waals surface area contributed by atoms with Gasteiger partial charge in [-0.3, -0.25) is 4.79 Å². The Labute approximate surface area is 200 Å². The number of benzene rings is 1. The van der Waals surface area contributed by atoms with E-state index in [0.717, 1.165) is 44.3 Å². The average molecular weight is 479 g/mol. The van der Waals surface area contributed by atoms with Gasteiger partial charge in [0.05, 0.1) is 18.8 Å². The summed E-state index contributed by atoms with van der Waals surface area (Å²) in [6, 6.07) is 5.18. The number of aryl methyl sites for hydroxylation is 1. The Balaban J connectivity index is 1.63. The third-order valence-electron chi connectivity index (χ3n) is 8.74. The fourth-order valence-electron chi connectivity index (χ4n) is 5.35. The summed E-state index contributed by atoms with van der Waals surface area (Å²) >= 11 is 0. The highest BCUT2D eigenvalue weighted by Crippen LogP contribution is 2.46. The Hall–Kier alpha value is -1.24. The van der Waals surface area contributed by atoms with Crippen molar-refractivity contribution < 1.29 is 23.1 Å². The van der Waals surface area contributed by atoms with Gasteiger partial charge in [0, 0.05) is 19.4 Å². The number of rotatable bonds is 11. The van der Waals surface area contributed by atoms with Crippen LogP contribution in [-0.4, -0.2) is 39.7 Å². The van der Waals surface area contributed by atoms with Crippen LogP contribution in [0.2, 0.25) is 18.1 Å². The minimum Gasteiger partial charge on any atom is -0.465 e. The molecule has 2 aliphatic heterocycles. The van der Waals surface area contributed by atoms with Gasteiger partial charge in [0.2, 0.25) is 0 Å². The molecule has 4 atom stereocenters. The molecule has 0 N–H and O–H groups in total. The summed E-state index contributed by atoms with van der Waals surface area (Å²) < 4.78 is 32.2. The Bertz CT molecular complexity index is 822. The molecule has 2 saturated heterocycles. The Kier molecular flexibility index (Phi) is 8.45. The van der Waals surface area contributed by atoms with Gasteiger partial charge in [-0.05, 0) is 85.3 Å². The zero-order chi connectivity index (χ0) is 24.4. The van der Waals surface area contributed by atoms with E-state index < -0.39 is 8.32 Å². The minimum atomic E-state index is -1.84. The summed E-state index contributed by atoms with van der Waals surface area (Å²) in [6.07, 6.45) is 4.96. The lowest BCUT2D eigenvalue weighted by molar-refractivity contribution is -0.143. The summed E-state index contributed by atoms with van der Waals surface area (Å²) in [5.74, 6) is 0.579. The Morgan fingerprint density at radius 2 is 1.85 bits per heavy atom. The lowest BCUT2D eigenvalue weighted by Gasteiger charge is -2.42. The van der Waals surface area contributed by atoms with Gasteiger partial charge in [-0.1, -0.05) is 33.8 Å². The van der Waals surface area contributed by atoms with Crippen LogP contribution in [0, 0.1) is 23.6 Å². The number of ether oxygens (including phenoxy) is 2. The molecule has 2 fully saturated rings. The Morgan fingerprint density at radius 3 is 2.48 bits per heavy atom. The van der Waals surface area contributed by atoms with Crippen molar-refractivity contribution in [1.29, 1.82) is 0 Å². The lowest BCUT2D eigenvalue weighted by Crippen LogP contribution is -2.45. The van der Waals surface area contributed by atoms with Crippen molar-refractivity contribution in [3.8, 4) is 0 Å². The molecular weight excluding hydrogens is 435 g/mol. The number of halogens is 1. The summed E-state index contributed by atoms with van der Waals surface area (Å²) in [4.78, 5) is 11.4. The molecule has 2 bridgehead atoms. The van der Waals surface area contributed by atoms with E-state index in [4.69, 9.17) is 13.9 Å². The van der Waals surface area contributed by atoms with Crippen molar-refractivity contribution >= 4 is 14.3 Å². The highest BCUT2D eigenvalue weighted by Gasteiger charge is 2.49. The van der Waals surface area contributed by atoms with Crippen molar-refractivity contribution in [2.75, 3.05) is 13.2 Å². The predicted molar refractivity (Wildman–Crippen MR) is 132 cm³/mol. The number of carbonyl (C=O) groups excluding carboxylic acids is 1. The smallest absolute Gasteiger partial charge is 0.302 e. The van der Waals surface area contributed by atoms with E-state index in [-0.39, 0.29) is 40.9 Å². The lowest BCUT2D eigenvalue weighted by atomic mass is 9.76. The number of hydrogen-bond acceptors (Lipinski definition) is 4. The zero-order valence-electron chi connectivity index (χ0n) is 21.6. The van der Waals surface area contributed by atoms with E-state index in [9.17, 15) is 9.18 Å². The van der Waals surface area contributed by atoms with E-state index >= 15 is 0 Å². The van der Waals surface area contributed by atoms with Crippen LogP contribution < -0.4 is 0 Å². The van der Waals surface area contributed by atoms with Gasteiger partial charge in [-0.25, -0.2) is 4.39 Å². The summed E-state index contributed by atoms with van der Waals surface area (Å²) in [6.45, 7) is 16.4. The first kappa shape index (κ1) is 26.4. The predicted octanol–water partition coefficient (Wildman–Crippen LogP) is 6.32. The van der Waals surface area contributed by atoms with Gasteiger partial charge in [0.15, 0.2) is 8.32 Å². The molecule has 0 spiro atoms. The van der Waals surface area contributed by atoms with Crippen molar-refractivity contribution in [2.24, 2.45) is 17.8 Å². The quantitative estimate of drug-likeness (QED) is 0.212. The zero-order valence-corrected chi connectivity index (χ0v) is 22.6. The van der Waals surface area contributed by atoms with Crippen molar-refractivity contribution in [3.63, 3.8) is 0 Å². The molecule has 1 aromatic carbocycles. The molecule has 0 saturated carbocycles. The normalized spacial score (nSPS) is 25.1. The molecule has 4 nitrogen and oxygen atoms in total. The molecule has 0 aromatic heterocycles. The first-order chi connectivity index (χ1) is 15.4. The molecule has 0 unspecified atom stereocenters. The molecule has 1 aromatic rings. The van der Waals surface area contributed by atoms with Crippen LogP contribution in [0.1, 0.15) is 65.0 Å². The highest BCUT2D eigenvalue weighted by atomic mass is 28.4. The number of hydrogen-bond donors (Lipinski definition) is 0. The van der Waals surface area contributed by atoms with Gasteiger partial charge in [0.1, 0.15) is 5.82 Å². The maximum atomic E-state index is 14.2. The first-order valence-electron chi connectivity index (χ1n) is 12.6. The van der Waals surface area contributed by atoms with Crippen LogP contribution >= 0.6 is 0 Å². The third kappa shape index (κ3) is 6.07. The monoisotopic (exact) mass is 478 g/mol. The summed E-state index contributed by atoms with van der Waals surface area (Å²) in [5, 5.41) is 0.201. The van der Waals surface area contributed by atoms with Crippen LogP contribution in [-0.2, 0) is 31.5 Å². The van der Waals surface area contributed by atoms with Gasteiger partial charge < -0.3 is 13.9 Å². The Morgan fingerprint density at radius 1 is 1.18 bits per heavy atom. The van der Waals surface area contributed by atoms with Crippen LogP contribution in [0.4, 0.5) is 4.39 Å². The molecule has 0 radical (unpaired) electrons. The number of fused-ring (bicyclic) bond motifs is 2. The van der Waals surface area contributed by atoms with Crippen molar-refractivity contribution in [2.45, 2.75) is 97.1 Å². The van der Waals surface area contributed by atoms with Crippen LogP contribution in [0.3, 0.4) is 0 Å². The van der Waals surface area contributed by atoms with Crippen LogP contribution in [0.15, 0.2) is 18.2 Å². The molecule has 186 valence electrons. The van der Waals surface area contributed by atoms with E-state index in [0.29, 0.717) is 12.5 Å². The number of carbonyl (C=O) groups is 1. The van der Waals surface area contributed by atoms with Crippen molar-refractivity contribution in [3.05, 3.63) is 35.1 Å². The molecule has 3 rings (SSSR count). The van der Waals surface area contributed by atoms with Gasteiger partial charge in [-0.2, -0.15) is 0 Å². The van der Waals surface area contributed by atoms with E-state index in [1.807, 2.05) is 6.07 Å². The fraction of sp³-hybridized carbons (Fsp3) is 0.741. The van der Waals surface area contributed by atoms with Gasteiger partial charge in [-0.15, -0.1) is 0 Å². The molecule has 0 amide bonds. The topological polar surface area (TPSA) is 44.8 Å². The van der Waals surface area contributed by atoms with Crippen LogP contribution in [0.5, 0.6) is 0 Å². The van der Waals surface area contributed by atoms with Gasteiger partial charge in [0.25, 0.3) is 0 Å². The molecule has 2 heterocycles. The maximum absolute atomic E-state index is 14.2. The number of esters is 1. The standard InChI is InChI=1S/C27H43FO4Si/c1-18(2)27(4,5)33(6,7)31-14-8-9-20-10-11-22(28)15-21(20)16-23-24(17-30-19(3)29)26-13-12-25(23)32-26/h10-11,15,18,23-26H,8-9,12-14,16-17H2,1-7H3/t23-,24+,25-,26-/m1/s1. The highest BCUT2D eigenvalue weighted by molar-refractivity contribution is 6.74. The third-order valence-corrected chi connectivity index (χ3v) is 13.3. The average Bonchev–Trinajstić information content (AvgIpc) is 3.32. The second-order valence-electron chi connectivity index (χ2n) is 11.4. The molecule has 6 heteroatoms. The van der Waals surface area contributed by atoms with E-state index in [1.165, 1.54) is 12.5 Å². The minimum absolute atomic E-state index is 0.154. The molecule has 33 heavy (non-hydrogen) atoms. The SMILES string of the molecule is CC(=O)OC[C@H]1[C@@H](Cc2cc(F)ccc2CCCO[Si](C)(C)C(C)(C)C(C)C)[C@H]2CC[C@H]1O2. The molecular formula is C27H43FO4Si.